The Hall–Kier alpha value is -0.396. The van der Waals surface area contributed by atoms with Gasteiger partial charge in [0.15, 0.2) is 0 Å². The molecule has 0 bridgehead atoms. The predicted molar refractivity (Wildman–Crippen MR) is 90.1 cm³/mol. The van der Waals surface area contributed by atoms with Crippen molar-refractivity contribution in [2.75, 3.05) is 0 Å². The number of hydrogen-bond acceptors (Lipinski definition) is 0. The Morgan fingerprint density at radius 3 is 2.04 bits per heavy atom. The van der Waals surface area contributed by atoms with Crippen LogP contribution in [0.5, 0.6) is 0 Å². The fourth-order valence-electron chi connectivity index (χ4n) is 3.55. The van der Waals surface area contributed by atoms with Crippen LogP contribution >= 0.6 is 0 Å². The van der Waals surface area contributed by atoms with Crippen molar-refractivity contribution < 1.29 is 46.5 Å². The van der Waals surface area contributed by atoms with Gasteiger partial charge in [0, 0.05) is 0 Å². The van der Waals surface area contributed by atoms with Gasteiger partial charge >= 0.3 is 21.7 Å². The van der Waals surface area contributed by atoms with E-state index in [1.165, 1.54) is 49.7 Å². The number of halogens is 2. The number of hydrogen-bond donors (Lipinski definition) is 0. The topological polar surface area (TPSA) is 0 Å². The average Bonchev–Trinajstić information content (AvgIpc) is 3.16. The van der Waals surface area contributed by atoms with Gasteiger partial charge in [0.1, 0.15) is 0 Å². The molecule has 0 radical (unpaired) electrons. The zero-order valence-corrected chi connectivity index (χ0v) is 17.0. The van der Waals surface area contributed by atoms with Gasteiger partial charge < -0.3 is 24.8 Å². The van der Waals surface area contributed by atoms with E-state index >= 15 is 0 Å². The van der Waals surface area contributed by atoms with Crippen LogP contribution in [-0.4, -0.2) is 0 Å². The summed E-state index contributed by atoms with van der Waals surface area (Å²) in [6.07, 6.45) is 14.3. The Kier molecular flexibility index (Phi) is 12.7. The third kappa shape index (κ3) is 6.49. The smallest absolute Gasteiger partial charge is 1.00 e. The second-order valence-electron chi connectivity index (χ2n) is 6.13. The van der Waals surface area contributed by atoms with E-state index in [-0.39, 0.29) is 46.5 Å². The summed E-state index contributed by atoms with van der Waals surface area (Å²) in [5, 5.41) is 0. The molecule has 4 rings (SSSR count). The van der Waals surface area contributed by atoms with Crippen molar-refractivity contribution in [3.8, 4) is 0 Å². The van der Waals surface area contributed by atoms with Crippen molar-refractivity contribution in [3.05, 3.63) is 71.8 Å². The van der Waals surface area contributed by atoms with Crippen LogP contribution in [0, 0.1) is 12.0 Å². The second kappa shape index (κ2) is 12.9. The minimum absolute atomic E-state index is 0. The Bertz CT molecular complexity index is 538. The Morgan fingerprint density at radius 2 is 1.46 bits per heavy atom. The number of rotatable bonds is 1. The standard InChI is InChI=1S/C16H19.C5H5.2ClH.Ti/c1-2-4-8-13(7-3-1)16-12-11-14-9-5-6-10-15(14)16;1-2-4-5-3-1;;;/h5-6,9-11,13,16H,1-4,7-8H2;1-5H;2*1H;/q2*-1;;;+4/p-2. The molecule has 126 valence electrons. The summed E-state index contributed by atoms with van der Waals surface area (Å²) >= 11 is 0. The third-order valence-electron chi connectivity index (χ3n) is 4.68. The summed E-state index contributed by atoms with van der Waals surface area (Å²) < 4.78 is 0. The molecule has 0 spiro atoms. The minimum atomic E-state index is 0. The van der Waals surface area contributed by atoms with Crippen LogP contribution in [0.4, 0.5) is 0 Å². The fourth-order valence-corrected chi connectivity index (χ4v) is 3.55. The summed E-state index contributed by atoms with van der Waals surface area (Å²) in [4.78, 5) is 0. The van der Waals surface area contributed by atoms with Gasteiger partial charge in [-0.15, -0.1) is 11.6 Å². The molecule has 1 fully saturated rings. The van der Waals surface area contributed by atoms with Crippen molar-refractivity contribution in [2.45, 2.75) is 44.4 Å². The van der Waals surface area contributed by atoms with Crippen LogP contribution in [0.15, 0.2) is 54.6 Å². The molecule has 1 unspecified atom stereocenters. The van der Waals surface area contributed by atoms with E-state index in [4.69, 9.17) is 0 Å². The molecule has 0 nitrogen and oxygen atoms in total. The van der Waals surface area contributed by atoms with Gasteiger partial charge in [-0.25, -0.2) is 18.2 Å². The molecule has 3 heteroatoms. The maximum atomic E-state index is 3.59. The first kappa shape index (κ1) is 23.6. The zero-order chi connectivity index (χ0) is 14.3. The predicted octanol–water partition coefficient (Wildman–Crippen LogP) is -0.0184. The van der Waals surface area contributed by atoms with Crippen molar-refractivity contribution in [3.63, 3.8) is 0 Å². The quantitative estimate of drug-likeness (QED) is 0.362. The average molecular weight is 395 g/mol. The minimum Gasteiger partial charge on any atom is -1.00 e. The molecule has 2 aliphatic carbocycles. The summed E-state index contributed by atoms with van der Waals surface area (Å²) in [6.45, 7) is 0. The van der Waals surface area contributed by atoms with Gasteiger partial charge in [-0.05, 0) is 5.92 Å². The number of fused-ring (bicyclic) bond motifs is 1. The molecule has 2 aromatic rings. The fraction of sp³-hybridized carbons (Fsp3) is 0.381. The SMILES string of the molecule is [C-]1=Cc2ccccc2C1C1CCCCCC1.[Cl-].[Cl-].[Ti+4].c1cc[cH-]c1. The first-order valence-corrected chi connectivity index (χ1v) is 8.30. The first-order chi connectivity index (χ1) is 10.4. The van der Waals surface area contributed by atoms with Crippen LogP contribution in [0.2, 0.25) is 0 Å². The van der Waals surface area contributed by atoms with Crippen LogP contribution in [0.1, 0.15) is 55.6 Å². The summed E-state index contributed by atoms with van der Waals surface area (Å²) in [5.74, 6) is 1.44. The molecule has 0 aliphatic heterocycles. The van der Waals surface area contributed by atoms with Crippen molar-refractivity contribution in [1.29, 1.82) is 0 Å². The molecule has 0 saturated heterocycles. The van der Waals surface area contributed by atoms with Gasteiger partial charge in [-0.3, -0.25) is 6.08 Å². The van der Waals surface area contributed by atoms with E-state index in [1.54, 1.807) is 0 Å². The number of benzene rings is 1. The maximum Gasteiger partial charge on any atom is 4.00 e. The van der Waals surface area contributed by atoms with Crippen molar-refractivity contribution in [1.82, 2.24) is 0 Å². The van der Waals surface area contributed by atoms with Gasteiger partial charge in [-0.2, -0.15) is 23.8 Å². The van der Waals surface area contributed by atoms with Crippen molar-refractivity contribution >= 4 is 6.08 Å². The molecule has 2 aromatic carbocycles. The van der Waals surface area contributed by atoms with Crippen LogP contribution in [0.3, 0.4) is 0 Å². The molecule has 24 heavy (non-hydrogen) atoms. The third-order valence-corrected chi connectivity index (χ3v) is 4.68. The molecular formula is C21H24Cl2Ti. The van der Waals surface area contributed by atoms with E-state index in [9.17, 15) is 0 Å². The summed E-state index contributed by atoms with van der Waals surface area (Å²) in [5.41, 5.74) is 2.92. The molecule has 0 N–H and O–H groups in total. The van der Waals surface area contributed by atoms with Gasteiger partial charge in [-0.1, -0.05) is 62.6 Å². The molecular weight excluding hydrogens is 371 g/mol. The maximum absolute atomic E-state index is 3.59. The molecule has 1 atom stereocenters. The van der Waals surface area contributed by atoms with Gasteiger partial charge in [0.05, 0.1) is 0 Å². The summed E-state index contributed by atoms with van der Waals surface area (Å²) in [6, 6.07) is 18.8. The van der Waals surface area contributed by atoms with Crippen LogP contribution in [0.25, 0.3) is 6.08 Å². The van der Waals surface area contributed by atoms with E-state index in [0.29, 0.717) is 5.92 Å². The normalized spacial score (nSPS) is 18.6. The van der Waals surface area contributed by atoms with Gasteiger partial charge in [0.25, 0.3) is 0 Å². The van der Waals surface area contributed by atoms with Crippen LogP contribution in [-0.2, 0) is 21.7 Å². The Morgan fingerprint density at radius 1 is 0.833 bits per heavy atom. The largest absolute Gasteiger partial charge is 4.00 e. The van der Waals surface area contributed by atoms with Gasteiger partial charge in [0.2, 0.25) is 0 Å². The monoisotopic (exact) mass is 394 g/mol. The van der Waals surface area contributed by atoms with E-state index in [1.807, 2.05) is 30.3 Å². The zero-order valence-electron chi connectivity index (χ0n) is 13.9. The van der Waals surface area contributed by atoms with Crippen molar-refractivity contribution in [2.24, 2.45) is 5.92 Å². The second-order valence-corrected chi connectivity index (χ2v) is 6.13. The molecule has 0 heterocycles. The molecule has 1 saturated carbocycles. The van der Waals surface area contributed by atoms with E-state index < -0.39 is 0 Å². The Labute approximate surface area is 174 Å². The molecule has 0 amide bonds. The molecule has 2 aliphatic rings. The Balaban J connectivity index is 0.000000578. The van der Waals surface area contributed by atoms with E-state index in [2.05, 4.69) is 36.4 Å². The number of allylic oxidation sites excluding steroid dienone is 1. The first-order valence-electron chi connectivity index (χ1n) is 8.30. The molecule has 0 aromatic heterocycles. The van der Waals surface area contributed by atoms with E-state index in [0.717, 1.165) is 5.92 Å². The van der Waals surface area contributed by atoms with Crippen LogP contribution < -0.4 is 24.8 Å². The summed E-state index contributed by atoms with van der Waals surface area (Å²) in [7, 11) is 0.